The number of halogens is 1. The van der Waals surface area contributed by atoms with Crippen LogP contribution in [0.15, 0.2) is 16.7 Å². The zero-order valence-electron chi connectivity index (χ0n) is 8.89. The molecule has 0 radical (unpaired) electrons. The van der Waals surface area contributed by atoms with E-state index >= 15 is 0 Å². The second-order valence-electron chi connectivity index (χ2n) is 4.75. The Morgan fingerprint density at radius 2 is 2.53 bits per heavy atom. The van der Waals surface area contributed by atoms with Crippen LogP contribution < -0.4 is 5.32 Å². The highest BCUT2D eigenvalue weighted by Gasteiger charge is 2.58. The molecule has 2 heterocycles. The third-order valence-electron chi connectivity index (χ3n) is 3.83. The van der Waals surface area contributed by atoms with E-state index in [2.05, 4.69) is 39.2 Å². The molecule has 1 unspecified atom stereocenters. The van der Waals surface area contributed by atoms with Gasteiger partial charge in [-0.05, 0) is 40.8 Å². The predicted molar refractivity (Wildman–Crippen MR) is 65.1 cm³/mol. The topological polar surface area (TPSA) is 24.9 Å². The van der Waals surface area contributed by atoms with E-state index in [1.165, 1.54) is 24.8 Å². The Hall–Kier alpha value is -0.570. The number of nitrogens with zero attached hydrogens (tertiary/aromatic N) is 1. The minimum Gasteiger partial charge on any atom is -0.369 e. The Morgan fingerprint density at radius 3 is 3.33 bits per heavy atom. The lowest BCUT2D eigenvalue weighted by atomic mass is 9.95. The number of rotatable bonds is 2. The molecule has 0 saturated heterocycles. The first-order valence-electron chi connectivity index (χ1n) is 5.66. The largest absolute Gasteiger partial charge is 0.369 e. The van der Waals surface area contributed by atoms with E-state index in [-0.39, 0.29) is 0 Å². The first-order valence-corrected chi connectivity index (χ1v) is 6.45. The van der Waals surface area contributed by atoms with Crippen LogP contribution in [0.5, 0.6) is 0 Å². The van der Waals surface area contributed by atoms with Crippen molar-refractivity contribution in [2.24, 2.45) is 5.92 Å². The van der Waals surface area contributed by atoms with Crippen LogP contribution in [-0.4, -0.2) is 11.5 Å². The van der Waals surface area contributed by atoms with Gasteiger partial charge >= 0.3 is 0 Å². The maximum absolute atomic E-state index is 4.43. The maximum atomic E-state index is 4.43. The standard InChI is InChI=1S/C12H15BrN2/c1-2-3-8-5-12(8)7-15-11-10(12)4-9(13)6-14-11/h4,6,8H,2-3,5,7H2,1H3,(H,14,15)/t8?,12-/m1/s1. The van der Waals surface area contributed by atoms with Gasteiger partial charge in [0.15, 0.2) is 0 Å². The molecule has 0 amide bonds. The summed E-state index contributed by atoms with van der Waals surface area (Å²) >= 11 is 3.51. The molecule has 2 aliphatic rings. The van der Waals surface area contributed by atoms with Gasteiger partial charge in [-0.1, -0.05) is 13.3 Å². The average Bonchev–Trinajstić information content (AvgIpc) is 2.79. The van der Waals surface area contributed by atoms with Crippen molar-refractivity contribution in [3.63, 3.8) is 0 Å². The molecule has 3 rings (SSSR count). The number of nitrogens with one attached hydrogen (secondary N) is 1. The summed E-state index contributed by atoms with van der Waals surface area (Å²) in [7, 11) is 0. The van der Waals surface area contributed by atoms with Crippen LogP contribution in [0, 0.1) is 5.92 Å². The van der Waals surface area contributed by atoms with Crippen LogP contribution in [0.3, 0.4) is 0 Å². The Labute approximate surface area is 98.6 Å². The Kier molecular flexibility index (Phi) is 2.06. The fourth-order valence-corrected chi connectivity index (χ4v) is 3.28. The number of fused-ring (bicyclic) bond motifs is 2. The van der Waals surface area contributed by atoms with Crippen molar-refractivity contribution in [1.82, 2.24) is 4.98 Å². The van der Waals surface area contributed by atoms with Crippen molar-refractivity contribution in [3.8, 4) is 0 Å². The van der Waals surface area contributed by atoms with Gasteiger partial charge in [0.1, 0.15) is 5.82 Å². The van der Waals surface area contributed by atoms with E-state index in [0.29, 0.717) is 5.41 Å². The first-order chi connectivity index (χ1) is 7.26. The Bertz CT molecular complexity index is 405. The predicted octanol–water partition coefficient (Wildman–Crippen LogP) is 3.33. The fraction of sp³-hybridized carbons (Fsp3) is 0.583. The van der Waals surface area contributed by atoms with Crippen molar-refractivity contribution >= 4 is 21.7 Å². The molecule has 1 aliphatic carbocycles. The number of anilines is 1. The monoisotopic (exact) mass is 266 g/mol. The number of aromatic nitrogens is 1. The second kappa shape index (κ2) is 3.21. The van der Waals surface area contributed by atoms with Gasteiger partial charge < -0.3 is 5.32 Å². The molecule has 3 heteroatoms. The average molecular weight is 267 g/mol. The normalized spacial score (nSPS) is 31.5. The number of hydrogen-bond acceptors (Lipinski definition) is 2. The van der Waals surface area contributed by atoms with Gasteiger partial charge in [0.2, 0.25) is 0 Å². The van der Waals surface area contributed by atoms with E-state index in [1.54, 1.807) is 0 Å². The summed E-state index contributed by atoms with van der Waals surface area (Å²) in [6.07, 6.45) is 5.87. The summed E-state index contributed by atoms with van der Waals surface area (Å²) in [5, 5.41) is 3.44. The third kappa shape index (κ3) is 1.32. The van der Waals surface area contributed by atoms with Crippen molar-refractivity contribution in [2.75, 3.05) is 11.9 Å². The highest BCUT2D eigenvalue weighted by Crippen LogP contribution is 2.60. The SMILES string of the molecule is CCCC1C[C@@]12CNc1ncc(Br)cc12. The van der Waals surface area contributed by atoms with Crippen molar-refractivity contribution in [2.45, 2.75) is 31.6 Å². The van der Waals surface area contributed by atoms with E-state index in [1.807, 2.05) is 6.20 Å². The van der Waals surface area contributed by atoms with Crippen molar-refractivity contribution in [3.05, 3.63) is 22.3 Å². The van der Waals surface area contributed by atoms with E-state index in [0.717, 1.165) is 22.8 Å². The fourth-order valence-electron chi connectivity index (χ4n) is 2.95. The molecule has 1 saturated carbocycles. The van der Waals surface area contributed by atoms with E-state index in [4.69, 9.17) is 0 Å². The van der Waals surface area contributed by atoms with Gasteiger partial charge in [-0.25, -0.2) is 4.98 Å². The summed E-state index contributed by atoms with van der Waals surface area (Å²) in [5.74, 6) is 1.99. The molecular weight excluding hydrogens is 252 g/mol. The molecule has 1 N–H and O–H groups in total. The third-order valence-corrected chi connectivity index (χ3v) is 4.26. The van der Waals surface area contributed by atoms with Gasteiger partial charge in [-0.15, -0.1) is 0 Å². The summed E-state index contributed by atoms with van der Waals surface area (Å²) < 4.78 is 1.10. The summed E-state index contributed by atoms with van der Waals surface area (Å²) in [5.41, 5.74) is 1.87. The molecule has 1 aromatic heterocycles. The molecule has 1 spiro atoms. The second-order valence-corrected chi connectivity index (χ2v) is 5.66. The molecule has 0 aromatic carbocycles. The Morgan fingerprint density at radius 1 is 1.67 bits per heavy atom. The molecule has 2 nitrogen and oxygen atoms in total. The van der Waals surface area contributed by atoms with Gasteiger partial charge in [0.25, 0.3) is 0 Å². The number of hydrogen-bond donors (Lipinski definition) is 1. The van der Waals surface area contributed by atoms with Crippen LogP contribution >= 0.6 is 15.9 Å². The van der Waals surface area contributed by atoms with Crippen molar-refractivity contribution < 1.29 is 0 Å². The number of pyridine rings is 1. The molecule has 2 atom stereocenters. The smallest absolute Gasteiger partial charge is 0.129 e. The molecule has 0 bridgehead atoms. The minimum atomic E-state index is 0.433. The molecule has 15 heavy (non-hydrogen) atoms. The Balaban J connectivity index is 1.95. The molecule has 1 aromatic rings. The van der Waals surface area contributed by atoms with Crippen LogP contribution in [0.25, 0.3) is 0 Å². The van der Waals surface area contributed by atoms with Crippen LogP contribution in [-0.2, 0) is 5.41 Å². The lowest BCUT2D eigenvalue weighted by molar-refractivity contribution is 0.601. The van der Waals surface area contributed by atoms with Gasteiger partial charge in [-0.2, -0.15) is 0 Å². The lowest BCUT2D eigenvalue weighted by Gasteiger charge is -2.08. The minimum absolute atomic E-state index is 0.433. The molecule has 80 valence electrons. The van der Waals surface area contributed by atoms with Crippen LogP contribution in [0.4, 0.5) is 5.82 Å². The molecule has 1 aliphatic heterocycles. The van der Waals surface area contributed by atoms with Gasteiger partial charge in [-0.3, -0.25) is 0 Å². The van der Waals surface area contributed by atoms with Crippen LogP contribution in [0.2, 0.25) is 0 Å². The maximum Gasteiger partial charge on any atom is 0.129 e. The van der Waals surface area contributed by atoms with E-state index < -0.39 is 0 Å². The highest BCUT2D eigenvalue weighted by molar-refractivity contribution is 9.10. The lowest BCUT2D eigenvalue weighted by Crippen LogP contribution is -2.12. The zero-order chi connectivity index (χ0) is 10.5. The molecule has 1 fully saturated rings. The van der Waals surface area contributed by atoms with E-state index in [9.17, 15) is 0 Å². The highest BCUT2D eigenvalue weighted by atomic mass is 79.9. The zero-order valence-corrected chi connectivity index (χ0v) is 10.5. The summed E-state index contributed by atoms with van der Waals surface area (Å²) in [6, 6.07) is 2.25. The van der Waals surface area contributed by atoms with Gasteiger partial charge in [0, 0.05) is 28.2 Å². The van der Waals surface area contributed by atoms with Crippen LogP contribution in [0.1, 0.15) is 31.7 Å². The molecular formula is C12H15BrN2. The quantitative estimate of drug-likeness (QED) is 0.889. The van der Waals surface area contributed by atoms with Crippen molar-refractivity contribution in [1.29, 1.82) is 0 Å². The summed E-state index contributed by atoms with van der Waals surface area (Å²) in [4.78, 5) is 4.43. The summed E-state index contributed by atoms with van der Waals surface area (Å²) in [6.45, 7) is 3.37. The first kappa shape index (κ1) is 9.64. The van der Waals surface area contributed by atoms with Gasteiger partial charge in [0.05, 0.1) is 0 Å².